The predicted molar refractivity (Wildman–Crippen MR) is 51.8 cm³/mol. The maximum Gasteiger partial charge on any atom is 0.197 e. The fourth-order valence-electron chi connectivity index (χ4n) is 2.27. The van der Waals surface area contributed by atoms with Gasteiger partial charge in [-0.15, -0.1) is 0 Å². The Bertz CT molecular complexity index is 367. The van der Waals surface area contributed by atoms with E-state index in [-0.39, 0.29) is 5.78 Å². The number of hydrogen-bond donors (Lipinski definition) is 0. The van der Waals surface area contributed by atoms with Gasteiger partial charge in [0, 0.05) is 5.57 Å². The van der Waals surface area contributed by atoms with Crippen molar-refractivity contribution in [3.63, 3.8) is 0 Å². The van der Waals surface area contributed by atoms with Gasteiger partial charge in [-0.05, 0) is 32.9 Å². The molecule has 0 aromatic heterocycles. The second kappa shape index (κ2) is 2.48. The van der Waals surface area contributed by atoms with Gasteiger partial charge in [0.15, 0.2) is 5.78 Å². The molecule has 2 rings (SSSR count). The van der Waals surface area contributed by atoms with Crippen LogP contribution in [0.25, 0.3) is 0 Å². The third kappa shape index (κ3) is 0.932. The number of carbonyl (C=O) groups excluding carboxylic acids is 1. The molecule has 0 spiro atoms. The van der Waals surface area contributed by atoms with Crippen LogP contribution in [0.4, 0.5) is 0 Å². The van der Waals surface area contributed by atoms with Crippen LogP contribution >= 0.6 is 0 Å². The third-order valence-corrected chi connectivity index (χ3v) is 2.93. The molecule has 0 N–H and O–H groups in total. The molecule has 2 bridgehead atoms. The van der Waals surface area contributed by atoms with Crippen LogP contribution in [0.15, 0.2) is 23.5 Å². The molecule has 0 aromatic rings. The Labute approximate surface area is 83.4 Å². The lowest BCUT2D eigenvalue weighted by atomic mass is 9.91. The summed E-state index contributed by atoms with van der Waals surface area (Å²) in [5.74, 6) is 0.606. The molecular formula is C11H14O3. The Balaban J connectivity index is 2.61. The van der Waals surface area contributed by atoms with E-state index in [1.165, 1.54) is 0 Å². The van der Waals surface area contributed by atoms with Crippen LogP contribution in [-0.4, -0.2) is 24.1 Å². The van der Waals surface area contributed by atoms with Gasteiger partial charge < -0.3 is 9.47 Å². The maximum atomic E-state index is 11.9. The minimum atomic E-state index is -0.791. The standard InChI is InChI=1S/C11H14O3/c1-7-8(12)10(2)5-6-11(3,14-10)9(7)13-4/h5-6H,1-4H3. The summed E-state index contributed by atoms with van der Waals surface area (Å²) in [7, 11) is 1.57. The van der Waals surface area contributed by atoms with Gasteiger partial charge in [0.2, 0.25) is 0 Å². The van der Waals surface area contributed by atoms with Crippen molar-refractivity contribution in [3.8, 4) is 0 Å². The number of Topliss-reactive ketones (excluding diaryl/α,β-unsaturated/α-hetero) is 1. The molecule has 0 aromatic carbocycles. The topological polar surface area (TPSA) is 35.5 Å². The third-order valence-electron chi connectivity index (χ3n) is 2.93. The van der Waals surface area contributed by atoms with Crippen molar-refractivity contribution < 1.29 is 14.3 Å². The summed E-state index contributed by atoms with van der Waals surface area (Å²) >= 11 is 0. The fraction of sp³-hybridized carbons (Fsp3) is 0.545. The van der Waals surface area contributed by atoms with E-state index in [2.05, 4.69) is 0 Å². The number of ether oxygens (including phenoxy) is 2. The number of carbonyl (C=O) groups is 1. The van der Waals surface area contributed by atoms with Gasteiger partial charge >= 0.3 is 0 Å². The van der Waals surface area contributed by atoms with Crippen molar-refractivity contribution >= 4 is 5.78 Å². The molecule has 0 radical (unpaired) electrons. The highest BCUT2D eigenvalue weighted by Crippen LogP contribution is 2.43. The number of fused-ring (bicyclic) bond motifs is 2. The van der Waals surface area contributed by atoms with Gasteiger partial charge in [0.25, 0.3) is 0 Å². The van der Waals surface area contributed by atoms with Crippen molar-refractivity contribution in [2.75, 3.05) is 7.11 Å². The van der Waals surface area contributed by atoms with Crippen molar-refractivity contribution in [2.24, 2.45) is 0 Å². The zero-order valence-electron chi connectivity index (χ0n) is 8.88. The average Bonchev–Trinajstić information content (AvgIpc) is 2.40. The quantitative estimate of drug-likeness (QED) is 0.595. The Hall–Kier alpha value is -1.09. The van der Waals surface area contributed by atoms with Crippen LogP contribution in [0.3, 0.4) is 0 Å². The number of rotatable bonds is 1. The lowest BCUT2D eigenvalue weighted by Gasteiger charge is -2.36. The summed E-state index contributed by atoms with van der Waals surface area (Å²) in [6.45, 7) is 5.48. The first-order valence-corrected chi connectivity index (χ1v) is 4.64. The smallest absolute Gasteiger partial charge is 0.197 e. The second-order valence-electron chi connectivity index (χ2n) is 4.14. The highest BCUT2D eigenvalue weighted by atomic mass is 16.6. The molecular weight excluding hydrogens is 180 g/mol. The summed E-state index contributed by atoms with van der Waals surface area (Å²) in [5.41, 5.74) is -0.698. The van der Waals surface area contributed by atoms with E-state index in [0.29, 0.717) is 11.3 Å². The summed E-state index contributed by atoms with van der Waals surface area (Å²) in [4.78, 5) is 11.9. The molecule has 0 fully saturated rings. The van der Waals surface area contributed by atoms with Gasteiger partial charge in [-0.25, -0.2) is 0 Å². The van der Waals surface area contributed by atoms with Crippen molar-refractivity contribution in [1.82, 2.24) is 0 Å². The van der Waals surface area contributed by atoms with Crippen molar-refractivity contribution in [2.45, 2.75) is 32.0 Å². The largest absolute Gasteiger partial charge is 0.497 e. The second-order valence-corrected chi connectivity index (χ2v) is 4.14. The first-order chi connectivity index (χ1) is 6.43. The van der Waals surface area contributed by atoms with E-state index in [4.69, 9.17) is 9.47 Å². The average molecular weight is 194 g/mol. The lowest BCUT2D eigenvalue weighted by Crippen LogP contribution is -2.46. The highest BCUT2D eigenvalue weighted by molar-refractivity contribution is 6.05. The van der Waals surface area contributed by atoms with Gasteiger partial charge in [-0.3, -0.25) is 4.79 Å². The normalized spacial score (nSPS) is 40.7. The molecule has 2 heterocycles. The van der Waals surface area contributed by atoms with Gasteiger partial charge in [-0.1, -0.05) is 0 Å². The zero-order chi connectivity index (χ0) is 10.6. The maximum absolute atomic E-state index is 11.9. The molecule has 0 amide bonds. The predicted octanol–water partition coefficient (Wildman–Crippen LogP) is 1.59. The molecule has 3 nitrogen and oxygen atoms in total. The number of methoxy groups -OCH3 is 1. The summed E-state index contributed by atoms with van der Waals surface area (Å²) in [6, 6.07) is 0. The molecule has 0 aliphatic carbocycles. The SMILES string of the molecule is COC1=C(C)C(=O)C2(C)C=CC1(C)O2. The molecule has 3 heteroatoms. The monoisotopic (exact) mass is 194 g/mol. The summed E-state index contributed by atoms with van der Waals surface area (Å²) < 4.78 is 10.9. The van der Waals surface area contributed by atoms with E-state index < -0.39 is 11.2 Å². The molecule has 2 unspecified atom stereocenters. The minimum Gasteiger partial charge on any atom is -0.497 e. The Morgan fingerprint density at radius 3 is 2.43 bits per heavy atom. The van der Waals surface area contributed by atoms with Crippen molar-refractivity contribution in [1.29, 1.82) is 0 Å². The molecule has 0 saturated carbocycles. The van der Waals surface area contributed by atoms with Crippen LogP contribution in [-0.2, 0) is 14.3 Å². The zero-order valence-corrected chi connectivity index (χ0v) is 8.88. The van der Waals surface area contributed by atoms with Crippen LogP contribution < -0.4 is 0 Å². The summed E-state index contributed by atoms with van der Waals surface area (Å²) in [6.07, 6.45) is 3.70. The molecule has 0 saturated heterocycles. The summed E-state index contributed by atoms with van der Waals surface area (Å²) in [5, 5.41) is 0. The van der Waals surface area contributed by atoms with E-state index in [1.54, 1.807) is 21.0 Å². The first-order valence-electron chi connectivity index (χ1n) is 4.64. The Morgan fingerprint density at radius 1 is 1.29 bits per heavy atom. The van der Waals surface area contributed by atoms with E-state index in [0.717, 1.165) is 0 Å². The Kier molecular flexibility index (Phi) is 1.68. The molecule has 2 atom stereocenters. The van der Waals surface area contributed by atoms with Gasteiger partial charge in [0.05, 0.1) is 7.11 Å². The van der Waals surface area contributed by atoms with E-state index >= 15 is 0 Å². The van der Waals surface area contributed by atoms with E-state index in [9.17, 15) is 4.79 Å². The first kappa shape index (κ1) is 9.46. The van der Waals surface area contributed by atoms with Crippen LogP contribution in [0, 0.1) is 0 Å². The molecule has 2 aliphatic rings. The molecule has 2 aliphatic heterocycles. The van der Waals surface area contributed by atoms with Crippen LogP contribution in [0.5, 0.6) is 0 Å². The van der Waals surface area contributed by atoms with Gasteiger partial charge in [-0.2, -0.15) is 0 Å². The van der Waals surface area contributed by atoms with E-state index in [1.807, 2.05) is 19.1 Å². The number of hydrogen-bond acceptors (Lipinski definition) is 3. The minimum absolute atomic E-state index is 0.0134. The lowest BCUT2D eigenvalue weighted by molar-refractivity contribution is -0.146. The van der Waals surface area contributed by atoms with Gasteiger partial charge in [0.1, 0.15) is 17.0 Å². The fourth-order valence-corrected chi connectivity index (χ4v) is 2.27. The molecule has 14 heavy (non-hydrogen) atoms. The van der Waals surface area contributed by atoms with Crippen molar-refractivity contribution in [3.05, 3.63) is 23.5 Å². The van der Waals surface area contributed by atoms with Crippen LogP contribution in [0.2, 0.25) is 0 Å². The Morgan fingerprint density at radius 2 is 1.86 bits per heavy atom. The number of ketones is 1. The molecule has 76 valence electrons. The van der Waals surface area contributed by atoms with Crippen LogP contribution in [0.1, 0.15) is 20.8 Å². The highest BCUT2D eigenvalue weighted by Gasteiger charge is 2.52.